The molecular formula is C20H19N5O3. The molecule has 2 N–H and O–H groups in total. The molecule has 0 atom stereocenters. The monoisotopic (exact) mass is 377 g/mol. The lowest BCUT2D eigenvalue weighted by Gasteiger charge is -2.09. The standard InChI is InChI=1S/C20H19N5O3/c1-13-10-17(18(26)22-12-14-4-3-9-21-11-14)25-20(23-13)24-16-7-5-15(6-8-16)19(27)28-2/h3-11H,12H2,1-2H3,(H,22,26)(H,23,24,25). The van der Waals surface area contributed by atoms with Crippen molar-refractivity contribution in [1.82, 2.24) is 20.3 Å². The van der Waals surface area contributed by atoms with E-state index in [9.17, 15) is 9.59 Å². The number of nitrogens with zero attached hydrogens (tertiary/aromatic N) is 3. The molecule has 0 aliphatic heterocycles. The normalized spacial score (nSPS) is 10.2. The fraction of sp³-hybridized carbons (Fsp3) is 0.150. The predicted molar refractivity (Wildman–Crippen MR) is 103 cm³/mol. The number of ether oxygens (including phenoxy) is 1. The third-order valence-corrected chi connectivity index (χ3v) is 3.82. The van der Waals surface area contributed by atoms with E-state index in [1.165, 1.54) is 7.11 Å². The number of amides is 1. The van der Waals surface area contributed by atoms with Gasteiger partial charge in [0, 0.05) is 30.3 Å². The van der Waals surface area contributed by atoms with Crippen molar-refractivity contribution in [2.75, 3.05) is 12.4 Å². The number of methoxy groups -OCH3 is 1. The molecule has 8 nitrogen and oxygen atoms in total. The largest absolute Gasteiger partial charge is 0.465 e. The van der Waals surface area contributed by atoms with Gasteiger partial charge in [0.05, 0.1) is 12.7 Å². The van der Waals surface area contributed by atoms with Crippen LogP contribution >= 0.6 is 0 Å². The molecule has 0 radical (unpaired) electrons. The zero-order chi connectivity index (χ0) is 19.9. The Morgan fingerprint density at radius 3 is 2.57 bits per heavy atom. The summed E-state index contributed by atoms with van der Waals surface area (Å²) in [6.07, 6.45) is 3.37. The summed E-state index contributed by atoms with van der Waals surface area (Å²) in [6, 6.07) is 12.0. The first-order valence-corrected chi connectivity index (χ1v) is 8.53. The van der Waals surface area contributed by atoms with Crippen LogP contribution in [-0.2, 0) is 11.3 Å². The predicted octanol–water partition coefficient (Wildman–Crippen LogP) is 2.64. The Bertz CT molecular complexity index is 975. The van der Waals surface area contributed by atoms with Crippen LogP contribution in [0.1, 0.15) is 32.1 Å². The number of aromatic nitrogens is 3. The Hall–Kier alpha value is -3.81. The molecule has 28 heavy (non-hydrogen) atoms. The molecule has 2 aromatic heterocycles. The molecule has 0 saturated heterocycles. The highest BCUT2D eigenvalue weighted by molar-refractivity contribution is 5.92. The van der Waals surface area contributed by atoms with Gasteiger partial charge in [0.25, 0.3) is 5.91 Å². The molecule has 1 aromatic carbocycles. The first-order chi connectivity index (χ1) is 13.5. The SMILES string of the molecule is COC(=O)c1ccc(Nc2nc(C)cc(C(=O)NCc3cccnc3)n2)cc1. The molecule has 0 aliphatic carbocycles. The van der Waals surface area contributed by atoms with Crippen LogP contribution < -0.4 is 10.6 Å². The highest BCUT2D eigenvalue weighted by Crippen LogP contribution is 2.15. The molecule has 1 amide bonds. The fourth-order valence-corrected chi connectivity index (χ4v) is 2.45. The van der Waals surface area contributed by atoms with Gasteiger partial charge in [0.15, 0.2) is 0 Å². The van der Waals surface area contributed by atoms with Crippen LogP contribution in [0, 0.1) is 6.92 Å². The van der Waals surface area contributed by atoms with Gasteiger partial charge in [-0.2, -0.15) is 0 Å². The van der Waals surface area contributed by atoms with Gasteiger partial charge in [0.1, 0.15) is 5.69 Å². The molecule has 3 rings (SSSR count). The topological polar surface area (TPSA) is 106 Å². The zero-order valence-corrected chi connectivity index (χ0v) is 15.5. The van der Waals surface area contributed by atoms with E-state index in [0.717, 1.165) is 5.56 Å². The third kappa shape index (κ3) is 4.88. The summed E-state index contributed by atoms with van der Waals surface area (Å²) in [5.41, 5.74) is 2.92. The smallest absolute Gasteiger partial charge is 0.337 e. The van der Waals surface area contributed by atoms with Gasteiger partial charge >= 0.3 is 5.97 Å². The van der Waals surface area contributed by atoms with E-state index < -0.39 is 5.97 Å². The van der Waals surface area contributed by atoms with E-state index in [2.05, 4.69) is 30.3 Å². The number of rotatable bonds is 6. The van der Waals surface area contributed by atoms with Crippen molar-refractivity contribution in [1.29, 1.82) is 0 Å². The van der Waals surface area contributed by atoms with Crippen LogP contribution in [-0.4, -0.2) is 33.9 Å². The number of esters is 1. The second-order valence-corrected chi connectivity index (χ2v) is 5.96. The van der Waals surface area contributed by atoms with Crippen LogP contribution in [0.4, 0.5) is 11.6 Å². The summed E-state index contributed by atoms with van der Waals surface area (Å²) >= 11 is 0. The minimum Gasteiger partial charge on any atom is -0.465 e. The van der Waals surface area contributed by atoms with Crippen molar-refractivity contribution in [2.24, 2.45) is 0 Å². The molecule has 2 heterocycles. The van der Waals surface area contributed by atoms with Crippen LogP contribution in [0.5, 0.6) is 0 Å². The molecule has 0 fully saturated rings. The Balaban J connectivity index is 1.70. The van der Waals surface area contributed by atoms with Gasteiger partial charge in [-0.15, -0.1) is 0 Å². The highest BCUT2D eigenvalue weighted by Gasteiger charge is 2.11. The van der Waals surface area contributed by atoms with Gasteiger partial charge in [-0.1, -0.05) is 6.07 Å². The van der Waals surface area contributed by atoms with Crippen molar-refractivity contribution >= 4 is 23.5 Å². The van der Waals surface area contributed by atoms with E-state index in [1.54, 1.807) is 49.6 Å². The molecule has 3 aromatic rings. The lowest BCUT2D eigenvalue weighted by atomic mass is 10.2. The summed E-state index contributed by atoms with van der Waals surface area (Å²) in [7, 11) is 1.33. The Kier molecular flexibility index (Phi) is 5.91. The number of hydrogen-bond acceptors (Lipinski definition) is 7. The van der Waals surface area contributed by atoms with Gasteiger partial charge < -0.3 is 15.4 Å². The summed E-state index contributed by atoms with van der Waals surface area (Å²) in [5, 5.41) is 5.85. The minimum absolute atomic E-state index is 0.255. The number of aryl methyl sites for hydroxylation is 1. The summed E-state index contributed by atoms with van der Waals surface area (Å²) in [6.45, 7) is 2.14. The number of hydrogen-bond donors (Lipinski definition) is 2. The minimum atomic E-state index is -0.411. The lowest BCUT2D eigenvalue weighted by molar-refractivity contribution is 0.0600. The highest BCUT2D eigenvalue weighted by atomic mass is 16.5. The quantitative estimate of drug-likeness (QED) is 0.636. The van der Waals surface area contributed by atoms with Gasteiger partial charge in [-0.3, -0.25) is 9.78 Å². The maximum absolute atomic E-state index is 12.4. The molecule has 8 heteroatoms. The number of pyridine rings is 1. The Labute approximate surface area is 162 Å². The summed E-state index contributed by atoms with van der Waals surface area (Å²) < 4.78 is 4.67. The third-order valence-electron chi connectivity index (χ3n) is 3.82. The number of carbonyl (C=O) groups excluding carboxylic acids is 2. The first kappa shape index (κ1) is 19.0. The lowest BCUT2D eigenvalue weighted by Crippen LogP contribution is -2.24. The molecule has 0 unspecified atom stereocenters. The second kappa shape index (κ2) is 8.72. The van der Waals surface area contributed by atoms with Crippen molar-refractivity contribution < 1.29 is 14.3 Å². The molecule has 0 saturated carbocycles. The van der Waals surface area contributed by atoms with Crippen LogP contribution in [0.2, 0.25) is 0 Å². The first-order valence-electron chi connectivity index (χ1n) is 8.53. The van der Waals surface area contributed by atoms with Gasteiger partial charge in [0.2, 0.25) is 5.95 Å². The molecule has 142 valence electrons. The summed E-state index contributed by atoms with van der Waals surface area (Å²) in [4.78, 5) is 36.5. The Morgan fingerprint density at radius 2 is 1.89 bits per heavy atom. The molecule has 0 bridgehead atoms. The van der Waals surface area contributed by atoms with Crippen molar-refractivity contribution in [3.8, 4) is 0 Å². The van der Waals surface area contributed by atoms with E-state index >= 15 is 0 Å². The zero-order valence-electron chi connectivity index (χ0n) is 15.5. The molecule has 0 spiro atoms. The van der Waals surface area contributed by atoms with Crippen LogP contribution in [0.25, 0.3) is 0 Å². The number of carbonyl (C=O) groups is 2. The average Bonchev–Trinajstić information content (AvgIpc) is 2.72. The molecule has 0 aliphatic rings. The fourth-order valence-electron chi connectivity index (χ4n) is 2.45. The maximum Gasteiger partial charge on any atom is 0.337 e. The average molecular weight is 377 g/mol. The van der Waals surface area contributed by atoms with Crippen molar-refractivity contribution in [3.63, 3.8) is 0 Å². The number of benzene rings is 1. The van der Waals surface area contributed by atoms with Crippen molar-refractivity contribution in [3.05, 3.63) is 77.4 Å². The van der Waals surface area contributed by atoms with E-state index in [1.807, 2.05) is 12.1 Å². The van der Waals surface area contributed by atoms with Gasteiger partial charge in [-0.25, -0.2) is 14.8 Å². The number of anilines is 2. The Morgan fingerprint density at radius 1 is 1.11 bits per heavy atom. The maximum atomic E-state index is 12.4. The van der Waals surface area contributed by atoms with E-state index in [-0.39, 0.29) is 17.5 Å². The number of nitrogens with one attached hydrogen (secondary N) is 2. The second-order valence-electron chi connectivity index (χ2n) is 5.96. The van der Waals surface area contributed by atoms with Gasteiger partial charge in [-0.05, 0) is 48.9 Å². The summed E-state index contributed by atoms with van der Waals surface area (Å²) in [5.74, 6) is -0.429. The van der Waals surface area contributed by atoms with E-state index in [0.29, 0.717) is 23.5 Å². The molecular weight excluding hydrogens is 358 g/mol. The van der Waals surface area contributed by atoms with E-state index in [4.69, 9.17) is 0 Å². The van der Waals surface area contributed by atoms with Crippen LogP contribution in [0.15, 0.2) is 54.9 Å². The van der Waals surface area contributed by atoms with Crippen molar-refractivity contribution in [2.45, 2.75) is 13.5 Å². The van der Waals surface area contributed by atoms with Crippen LogP contribution in [0.3, 0.4) is 0 Å².